The Hall–Kier alpha value is -1.23. The van der Waals surface area contributed by atoms with Gasteiger partial charge < -0.3 is 10.6 Å². The largest absolute Gasteiger partial charge is 0.386 e. The number of anilines is 1. The number of rotatable bonds is 6. The fourth-order valence-electron chi connectivity index (χ4n) is 1.50. The van der Waals surface area contributed by atoms with Crippen molar-refractivity contribution in [3.8, 4) is 0 Å². The molecular formula is C12H19N3OS. The molecule has 4 nitrogen and oxygen atoms in total. The molecule has 2 N–H and O–H groups in total. The van der Waals surface area contributed by atoms with Gasteiger partial charge in [-0.25, -0.2) is 0 Å². The first-order valence-electron chi connectivity index (χ1n) is 5.58. The first kappa shape index (κ1) is 13.8. The second-order valence-electron chi connectivity index (χ2n) is 3.94. The van der Waals surface area contributed by atoms with Crippen molar-refractivity contribution in [2.24, 2.45) is 5.92 Å². The van der Waals surface area contributed by atoms with Gasteiger partial charge in [0.05, 0.1) is 17.4 Å². The minimum Gasteiger partial charge on any atom is -0.386 e. The van der Waals surface area contributed by atoms with Gasteiger partial charge in [-0.3, -0.25) is 9.78 Å². The molecule has 0 aliphatic carbocycles. The van der Waals surface area contributed by atoms with E-state index < -0.39 is 0 Å². The van der Waals surface area contributed by atoms with Gasteiger partial charge in [0.15, 0.2) is 0 Å². The molecular weight excluding hydrogens is 234 g/mol. The zero-order chi connectivity index (χ0) is 12.7. The fourth-order valence-corrected chi connectivity index (χ4v) is 2.18. The summed E-state index contributed by atoms with van der Waals surface area (Å²) in [6.45, 7) is 2.83. The summed E-state index contributed by atoms with van der Waals surface area (Å²) in [5.41, 5.74) is 1.39. The minimum atomic E-state index is -0.0512. The van der Waals surface area contributed by atoms with E-state index in [0.29, 0.717) is 18.0 Å². The van der Waals surface area contributed by atoms with Gasteiger partial charge in [-0.15, -0.1) is 0 Å². The van der Waals surface area contributed by atoms with Crippen LogP contribution < -0.4 is 10.6 Å². The molecule has 0 saturated heterocycles. The zero-order valence-electron chi connectivity index (χ0n) is 10.5. The predicted octanol–water partition coefficient (Wildman–Crippen LogP) is 1.85. The van der Waals surface area contributed by atoms with E-state index in [1.807, 2.05) is 0 Å². The molecule has 5 heteroatoms. The number of pyridine rings is 1. The summed E-state index contributed by atoms with van der Waals surface area (Å²) >= 11 is 1.79. The molecule has 0 fully saturated rings. The van der Waals surface area contributed by atoms with E-state index >= 15 is 0 Å². The van der Waals surface area contributed by atoms with Crippen LogP contribution in [-0.4, -0.2) is 36.5 Å². The molecule has 17 heavy (non-hydrogen) atoms. The summed E-state index contributed by atoms with van der Waals surface area (Å²) < 4.78 is 0. The standard InChI is InChI=1S/C12H19N3OS/c1-9(8-17-3)6-15-12(16)10-4-5-14-7-11(10)13-2/h4-5,7,9,13H,6,8H2,1-3H3,(H,15,16). The molecule has 1 aromatic rings. The van der Waals surface area contributed by atoms with Crippen LogP contribution in [0.1, 0.15) is 17.3 Å². The third-order valence-corrected chi connectivity index (χ3v) is 3.30. The SMILES string of the molecule is CNc1cnccc1C(=O)NCC(C)CSC. The summed E-state index contributed by atoms with van der Waals surface area (Å²) in [7, 11) is 1.78. The Bertz CT molecular complexity index is 371. The molecule has 1 aromatic heterocycles. The molecule has 0 aliphatic rings. The Morgan fingerprint density at radius 2 is 2.35 bits per heavy atom. The van der Waals surface area contributed by atoms with Gasteiger partial charge in [-0.2, -0.15) is 11.8 Å². The number of aromatic nitrogens is 1. The van der Waals surface area contributed by atoms with E-state index in [1.54, 1.807) is 37.3 Å². The number of carbonyl (C=O) groups excluding carboxylic acids is 1. The lowest BCUT2D eigenvalue weighted by atomic mass is 10.2. The summed E-state index contributed by atoms with van der Waals surface area (Å²) in [5, 5.41) is 5.90. The van der Waals surface area contributed by atoms with Gasteiger partial charge in [0.1, 0.15) is 0 Å². The Kier molecular flexibility index (Phi) is 5.83. The number of nitrogens with zero attached hydrogens (tertiary/aromatic N) is 1. The van der Waals surface area contributed by atoms with Gasteiger partial charge in [0.2, 0.25) is 0 Å². The van der Waals surface area contributed by atoms with Crippen LogP contribution in [0.5, 0.6) is 0 Å². The van der Waals surface area contributed by atoms with Gasteiger partial charge >= 0.3 is 0 Å². The Labute approximate surface area is 107 Å². The maximum Gasteiger partial charge on any atom is 0.253 e. The molecule has 1 unspecified atom stereocenters. The van der Waals surface area contributed by atoms with Gasteiger partial charge in [0, 0.05) is 19.8 Å². The lowest BCUT2D eigenvalue weighted by molar-refractivity contribution is 0.0950. The summed E-state index contributed by atoms with van der Waals surface area (Å²) in [4.78, 5) is 15.9. The van der Waals surface area contributed by atoms with E-state index in [2.05, 4.69) is 28.8 Å². The van der Waals surface area contributed by atoms with Crippen LogP contribution >= 0.6 is 11.8 Å². The zero-order valence-corrected chi connectivity index (χ0v) is 11.3. The summed E-state index contributed by atoms with van der Waals surface area (Å²) in [6.07, 6.45) is 5.35. The van der Waals surface area contributed by atoms with Crippen LogP contribution in [0.2, 0.25) is 0 Å². The highest BCUT2D eigenvalue weighted by molar-refractivity contribution is 7.98. The first-order valence-corrected chi connectivity index (χ1v) is 6.97. The van der Waals surface area contributed by atoms with E-state index in [4.69, 9.17) is 0 Å². The van der Waals surface area contributed by atoms with E-state index in [0.717, 1.165) is 11.4 Å². The van der Waals surface area contributed by atoms with E-state index in [9.17, 15) is 4.79 Å². The number of carbonyl (C=O) groups is 1. The molecule has 0 radical (unpaired) electrons. The van der Waals surface area contributed by atoms with Crippen LogP contribution in [0.4, 0.5) is 5.69 Å². The topological polar surface area (TPSA) is 54.0 Å². The fraction of sp³-hybridized carbons (Fsp3) is 0.500. The Balaban J connectivity index is 2.58. The van der Waals surface area contributed by atoms with Crippen molar-refractivity contribution in [2.45, 2.75) is 6.92 Å². The van der Waals surface area contributed by atoms with Crippen LogP contribution in [0, 0.1) is 5.92 Å². The number of hydrogen-bond donors (Lipinski definition) is 2. The molecule has 0 aromatic carbocycles. The van der Waals surface area contributed by atoms with Gasteiger partial charge in [0.25, 0.3) is 5.91 Å². The molecule has 1 amide bonds. The second kappa shape index (κ2) is 7.17. The normalized spacial score (nSPS) is 11.9. The average molecular weight is 253 g/mol. The number of nitrogens with one attached hydrogen (secondary N) is 2. The van der Waals surface area contributed by atoms with Crippen molar-refractivity contribution in [1.82, 2.24) is 10.3 Å². The number of thioether (sulfide) groups is 1. The summed E-state index contributed by atoms with van der Waals surface area (Å²) in [6, 6.07) is 1.72. The highest BCUT2D eigenvalue weighted by Gasteiger charge is 2.11. The third-order valence-electron chi connectivity index (χ3n) is 2.40. The van der Waals surface area contributed by atoms with Crippen LogP contribution in [-0.2, 0) is 0 Å². The van der Waals surface area contributed by atoms with Crippen molar-refractivity contribution in [3.05, 3.63) is 24.0 Å². The molecule has 1 rings (SSSR count). The lowest BCUT2D eigenvalue weighted by Crippen LogP contribution is -2.29. The Morgan fingerprint density at radius 3 is 3.00 bits per heavy atom. The third kappa shape index (κ3) is 4.26. The number of amides is 1. The first-order chi connectivity index (χ1) is 8.19. The maximum absolute atomic E-state index is 11.9. The molecule has 0 bridgehead atoms. The van der Waals surface area contributed by atoms with E-state index in [1.165, 1.54) is 0 Å². The minimum absolute atomic E-state index is 0.0512. The highest BCUT2D eigenvalue weighted by Crippen LogP contribution is 2.12. The van der Waals surface area contributed by atoms with Crippen LogP contribution in [0.15, 0.2) is 18.5 Å². The van der Waals surface area contributed by atoms with Crippen molar-refractivity contribution in [2.75, 3.05) is 30.9 Å². The lowest BCUT2D eigenvalue weighted by Gasteiger charge is -2.12. The van der Waals surface area contributed by atoms with Crippen LogP contribution in [0.25, 0.3) is 0 Å². The molecule has 1 heterocycles. The molecule has 0 spiro atoms. The maximum atomic E-state index is 11.9. The quantitative estimate of drug-likeness (QED) is 0.812. The number of hydrogen-bond acceptors (Lipinski definition) is 4. The Morgan fingerprint density at radius 1 is 1.59 bits per heavy atom. The van der Waals surface area contributed by atoms with E-state index in [-0.39, 0.29) is 5.91 Å². The van der Waals surface area contributed by atoms with Crippen molar-refractivity contribution in [3.63, 3.8) is 0 Å². The second-order valence-corrected chi connectivity index (χ2v) is 4.85. The van der Waals surface area contributed by atoms with Crippen LogP contribution in [0.3, 0.4) is 0 Å². The van der Waals surface area contributed by atoms with Gasteiger partial charge in [-0.1, -0.05) is 6.92 Å². The molecule has 0 aliphatic heterocycles. The van der Waals surface area contributed by atoms with Crippen molar-refractivity contribution >= 4 is 23.4 Å². The molecule has 0 saturated carbocycles. The van der Waals surface area contributed by atoms with Gasteiger partial charge in [-0.05, 0) is 24.0 Å². The van der Waals surface area contributed by atoms with Crippen molar-refractivity contribution < 1.29 is 4.79 Å². The predicted molar refractivity (Wildman–Crippen MR) is 73.7 cm³/mol. The smallest absolute Gasteiger partial charge is 0.253 e. The van der Waals surface area contributed by atoms with Crippen molar-refractivity contribution in [1.29, 1.82) is 0 Å². The monoisotopic (exact) mass is 253 g/mol. The highest BCUT2D eigenvalue weighted by atomic mass is 32.2. The average Bonchev–Trinajstić information content (AvgIpc) is 2.36. The summed E-state index contributed by atoms with van der Waals surface area (Å²) in [5.74, 6) is 1.48. The molecule has 1 atom stereocenters. The molecule has 94 valence electrons.